The van der Waals surface area contributed by atoms with E-state index in [1.54, 1.807) is 12.1 Å². The van der Waals surface area contributed by atoms with Crippen LogP contribution in [0.15, 0.2) is 29.2 Å². The molecule has 0 saturated heterocycles. The fourth-order valence-electron chi connectivity index (χ4n) is 3.11. The number of rotatable bonds is 7. The normalized spacial score (nSPS) is 22.4. The zero-order valence-corrected chi connectivity index (χ0v) is 13.5. The number of hydrogen-bond acceptors (Lipinski definition) is 4. The number of benzene rings is 1. The lowest BCUT2D eigenvalue weighted by Crippen LogP contribution is -2.24. The van der Waals surface area contributed by atoms with E-state index in [1.165, 1.54) is 19.3 Å². The minimum Gasteiger partial charge on any atom is -0.385 e. The van der Waals surface area contributed by atoms with E-state index in [4.69, 9.17) is 5.73 Å². The third-order valence-electron chi connectivity index (χ3n) is 4.37. The second kappa shape index (κ2) is 7.27. The Hall–Kier alpha value is -1.07. The van der Waals surface area contributed by atoms with Gasteiger partial charge < -0.3 is 11.1 Å². The van der Waals surface area contributed by atoms with E-state index in [-0.39, 0.29) is 5.75 Å². The van der Waals surface area contributed by atoms with Crippen LogP contribution in [0.4, 0.5) is 5.69 Å². The summed E-state index contributed by atoms with van der Waals surface area (Å²) in [5.41, 5.74) is 6.77. The fourth-order valence-corrected chi connectivity index (χ4v) is 4.43. The number of hydrogen-bond donors (Lipinski definition) is 2. The molecule has 3 N–H and O–H groups in total. The van der Waals surface area contributed by atoms with Crippen molar-refractivity contribution >= 4 is 15.5 Å². The molecule has 1 aromatic rings. The predicted octanol–water partition coefficient (Wildman–Crippen LogP) is 2.66. The Labute approximate surface area is 128 Å². The highest BCUT2D eigenvalue weighted by Crippen LogP contribution is 2.31. The highest BCUT2D eigenvalue weighted by Gasteiger charge is 2.25. The third kappa shape index (κ3) is 4.20. The lowest BCUT2D eigenvalue weighted by Gasteiger charge is -2.19. The summed E-state index contributed by atoms with van der Waals surface area (Å²) in [6.45, 7) is 3.56. The molecule has 1 fully saturated rings. The largest absolute Gasteiger partial charge is 0.385 e. The van der Waals surface area contributed by atoms with Crippen LogP contribution in [-0.2, 0) is 9.84 Å². The van der Waals surface area contributed by atoms with E-state index in [2.05, 4.69) is 5.32 Å². The average molecular weight is 310 g/mol. The van der Waals surface area contributed by atoms with Crippen LogP contribution in [0.25, 0.3) is 0 Å². The summed E-state index contributed by atoms with van der Waals surface area (Å²) < 4.78 is 23.9. The summed E-state index contributed by atoms with van der Waals surface area (Å²) in [5, 5.41) is 3.41. The molecule has 0 heterocycles. The van der Waals surface area contributed by atoms with Crippen LogP contribution in [0, 0.1) is 11.8 Å². The van der Waals surface area contributed by atoms with Gasteiger partial charge in [-0.05, 0) is 61.9 Å². The van der Waals surface area contributed by atoms with E-state index in [0.29, 0.717) is 23.2 Å². The molecule has 118 valence electrons. The first-order chi connectivity index (χ1) is 10.1. The highest BCUT2D eigenvalue weighted by molar-refractivity contribution is 7.91. The molecule has 0 radical (unpaired) electrons. The van der Waals surface area contributed by atoms with Gasteiger partial charge in [-0.2, -0.15) is 0 Å². The van der Waals surface area contributed by atoms with Crippen molar-refractivity contribution in [3.63, 3.8) is 0 Å². The zero-order valence-electron chi connectivity index (χ0n) is 12.7. The van der Waals surface area contributed by atoms with Gasteiger partial charge in [-0.3, -0.25) is 0 Å². The van der Waals surface area contributed by atoms with Crippen LogP contribution >= 0.6 is 0 Å². The minimum absolute atomic E-state index is 0.208. The Bertz CT molecular complexity index is 540. The first kappa shape index (κ1) is 16.3. The lowest BCUT2D eigenvalue weighted by molar-refractivity contribution is 0.414. The van der Waals surface area contributed by atoms with Crippen LogP contribution in [0.2, 0.25) is 0 Å². The minimum atomic E-state index is -3.11. The Morgan fingerprint density at radius 2 is 1.86 bits per heavy atom. The van der Waals surface area contributed by atoms with Crippen molar-refractivity contribution in [2.45, 2.75) is 37.5 Å². The maximum absolute atomic E-state index is 12.0. The maximum atomic E-state index is 12.0. The molecule has 2 unspecified atom stereocenters. The van der Waals surface area contributed by atoms with Crippen molar-refractivity contribution in [2.75, 3.05) is 24.2 Å². The highest BCUT2D eigenvalue weighted by atomic mass is 32.2. The van der Waals surface area contributed by atoms with Gasteiger partial charge in [0.05, 0.1) is 10.6 Å². The Morgan fingerprint density at radius 3 is 2.48 bits per heavy atom. The molecule has 1 aliphatic rings. The summed E-state index contributed by atoms with van der Waals surface area (Å²) >= 11 is 0. The maximum Gasteiger partial charge on any atom is 0.178 e. The standard InChI is InChI=1S/C16H26N2O2S/c1-2-10-21(19,20)16-8-6-15(7-9-16)18-12-14-5-3-4-13(14)11-17/h6-9,13-14,18H,2-5,10-12,17H2,1H3. The van der Waals surface area contributed by atoms with Crippen molar-refractivity contribution in [1.82, 2.24) is 0 Å². The number of nitrogens with two attached hydrogens (primary N) is 1. The Morgan fingerprint density at radius 1 is 1.19 bits per heavy atom. The van der Waals surface area contributed by atoms with Gasteiger partial charge in [0, 0.05) is 12.2 Å². The van der Waals surface area contributed by atoms with Crippen LogP contribution in [-0.4, -0.2) is 27.3 Å². The SMILES string of the molecule is CCCS(=O)(=O)c1ccc(NCC2CCCC2CN)cc1. The molecule has 4 nitrogen and oxygen atoms in total. The molecule has 0 amide bonds. The van der Waals surface area contributed by atoms with Gasteiger partial charge in [-0.1, -0.05) is 13.3 Å². The van der Waals surface area contributed by atoms with Crippen LogP contribution < -0.4 is 11.1 Å². The van der Waals surface area contributed by atoms with Crippen LogP contribution in [0.5, 0.6) is 0 Å². The van der Waals surface area contributed by atoms with Crippen molar-refractivity contribution in [2.24, 2.45) is 17.6 Å². The molecule has 5 heteroatoms. The van der Waals surface area contributed by atoms with Gasteiger partial charge in [0.15, 0.2) is 9.84 Å². The summed E-state index contributed by atoms with van der Waals surface area (Å²) in [7, 11) is -3.11. The first-order valence-electron chi connectivity index (χ1n) is 7.83. The molecule has 0 aliphatic heterocycles. The van der Waals surface area contributed by atoms with Gasteiger partial charge in [0.25, 0.3) is 0 Å². The van der Waals surface area contributed by atoms with Gasteiger partial charge in [-0.25, -0.2) is 8.42 Å². The van der Waals surface area contributed by atoms with Crippen molar-refractivity contribution in [1.29, 1.82) is 0 Å². The van der Waals surface area contributed by atoms with Crippen LogP contribution in [0.1, 0.15) is 32.6 Å². The zero-order chi connectivity index (χ0) is 15.3. The topological polar surface area (TPSA) is 72.2 Å². The molecular weight excluding hydrogens is 284 g/mol. The number of sulfone groups is 1. The molecule has 0 spiro atoms. The van der Waals surface area contributed by atoms with E-state index in [0.717, 1.165) is 18.8 Å². The van der Waals surface area contributed by atoms with Crippen molar-refractivity contribution < 1.29 is 8.42 Å². The summed E-state index contributed by atoms with van der Waals surface area (Å²) in [4.78, 5) is 0.413. The molecule has 2 rings (SSSR count). The number of anilines is 1. The lowest BCUT2D eigenvalue weighted by atomic mass is 9.96. The molecule has 1 aliphatic carbocycles. The van der Waals surface area contributed by atoms with E-state index in [9.17, 15) is 8.42 Å². The number of nitrogens with one attached hydrogen (secondary N) is 1. The van der Waals surface area contributed by atoms with E-state index in [1.807, 2.05) is 19.1 Å². The van der Waals surface area contributed by atoms with Crippen molar-refractivity contribution in [3.05, 3.63) is 24.3 Å². The quantitative estimate of drug-likeness (QED) is 0.812. The molecule has 2 atom stereocenters. The first-order valence-corrected chi connectivity index (χ1v) is 9.49. The Balaban J connectivity index is 1.94. The molecular formula is C16H26N2O2S. The van der Waals surface area contributed by atoms with Gasteiger partial charge in [-0.15, -0.1) is 0 Å². The molecule has 0 aromatic heterocycles. The summed E-state index contributed by atoms with van der Waals surface area (Å²) in [6.07, 6.45) is 4.38. The second-order valence-corrected chi connectivity index (χ2v) is 8.02. The smallest absolute Gasteiger partial charge is 0.178 e. The molecule has 1 saturated carbocycles. The van der Waals surface area contributed by atoms with Crippen LogP contribution in [0.3, 0.4) is 0 Å². The molecule has 1 aromatic carbocycles. The second-order valence-electron chi connectivity index (χ2n) is 5.91. The van der Waals surface area contributed by atoms with Gasteiger partial charge in [0.1, 0.15) is 0 Å². The molecule has 0 bridgehead atoms. The van der Waals surface area contributed by atoms with E-state index < -0.39 is 9.84 Å². The third-order valence-corrected chi connectivity index (χ3v) is 6.31. The van der Waals surface area contributed by atoms with Crippen molar-refractivity contribution in [3.8, 4) is 0 Å². The fraction of sp³-hybridized carbons (Fsp3) is 0.625. The summed E-state index contributed by atoms with van der Waals surface area (Å²) in [5.74, 6) is 1.47. The monoisotopic (exact) mass is 310 g/mol. The predicted molar refractivity (Wildman–Crippen MR) is 87.2 cm³/mol. The average Bonchev–Trinajstić information content (AvgIpc) is 2.93. The van der Waals surface area contributed by atoms with Gasteiger partial charge in [0.2, 0.25) is 0 Å². The van der Waals surface area contributed by atoms with E-state index >= 15 is 0 Å². The molecule has 21 heavy (non-hydrogen) atoms. The Kier molecular flexibility index (Phi) is 5.65. The van der Waals surface area contributed by atoms with Gasteiger partial charge >= 0.3 is 0 Å². The summed E-state index contributed by atoms with van der Waals surface area (Å²) in [6, 6.07) is 7.11.